The summed E-state index contributed by atoms with van der Waals surface area (Å²) >= 11 is 0. The van der Waals surface area contributed by atoms with Crippen LogP contribution in [-0.4, -0.2) is 54.3 Å². The lowest BCUT2D eigenvalue weighted by Gasteiger charge is -2.22. The molecule has 2 aromatic heterocycles. The van der Waals surface area contributed by atoms with E-state index in [-0.39, 0.29) is 24.9 Å². The number of ether oxygens (including phenoxy) is 2. The molecule has 358 valence electrons. The number of aromatic nitrogens is 4. The molecule has 1 aromatic carbocycles. The van der Waals surface area contributed by atoms with Gasteiger partial charge in [-0.05, 0) is 37.5 Å². The summed E-state index contributed by atoms with van der Waals surface area (Å²) in [6.45, 7) is 5.57. The molecule has 3 unspecified atom stereocenters. The molecule has 2 heterocycles. The third kappa shape index (κ3) is 24.0. The highest BCUT2D eigenvalue weighted by Gasteiger charge is 2.43. The van der Waals surface area contributed by atoms with Gasteiger partial charge in [-0.3, -0.25) is 18.4 Å². The molecule has 0 radical (unpaired) electrons. The third-order valence-electron chi connectivity index (χ3n) is 10.4. The van der Waals surface area contributed by atoms with Gasteiger partial charge in [-0.2, -0.15) is 4.31 Å². The van der Waals surface area contributed by atoms with Gasteiger partial charge in [0.2, 0.25) is 0 Å². The normalized spacial score (nSPS) is 15.2. The van der Waals surface area contributed by atoms with Crippen molar-refractivity contribution in [2.24, 2.45) is 0 Å². The molecule has 4 N–H and O–H groups in total. The van der Waals surface area contributed by atoms with Crippen molar-refractivity contribution < 1.29 is 55.4 Å². The van der Waals surface area contributed by atoms with E-state index in [0.29, 0.717) is 35.3 Å². The van der Waals surface area contributed by atoms with Crippen LogP contribution in [0.2, 0.25) is 0 Å². The first-order chi connectivity index (χ1) is 30.2. The van der Waals surface area contributed by atoms with Crippen molar-refractivity contribution in [2.45, 2.75) is 188 Å². The van der Waals surface area contributed by atoms with Gasteiger partial charge in [-0.15, -0.1) is 0 Å². The van der Waals surface area contributed by atoms with E-state index in [0.717, 1.165) is 57.8 Å². The predicted molar refractivity (Wildman–Crippen MR) is 245 cm³/mol. The Morgan fingerprint density at radius 2 is 1.25 bits per heavy atom. The molecular formula is C43H74N5O12P3. The molecule has 3 aromatic rings. The number of phosphoric ester groups is 1. The standard InChI is InChI=1S/C43H74N5O12P3/c1-4-6-8-10-12-13-14-15-16-17-18-19-20-21-23-25-31-56-63(54,57-33-38-27-29-39(30-28-38)58-40(49)26-24-22-11-9-7-5-2)60-62(52,53)59-61(50,51)36-55-37(3)32-48-35-47-41-42(44)45-34-46-43(41)48/h27-30,34-35,37H,4-26,31-33,36H2,1-3H3,(H,50,51)(H,52,53)(H2,44,45,46)/t37-,63?/m1/s1. The summed E-state index contributed by atoms with van der Waals surface area (Å²) in [5, 5.41) is 0. The smallest absolute Gasteiger partial charge is 0.427 e. The number of hydrogen-bond acceptors (Lipinski definition) is 14. The van der Waals surface area contributed by atoms with Crippen LogP contribution in [0.3, 0.4) is 0 Å². The maximum Gasteiger partial charge on any atom is 0.488 e. The van der Waals surface area contributed by atoms with Gasteiger partial charge < -0.3 is 29.6 Å². The number of hydrogen-bond donors (Lipinski definition) is 3. The predicted octanol–water partition coefficient (Wildman–Crippen LogP) is 12.3. The molecule has 0 spiro atoms. The Bertz CT molecular complexity index is 1870. The van der Waals surface area contributed by atoms with E-state index < -0.39 is 42.3 Å². The molecule has 0 aliphatic carbocycles. The van der Waals surface area contributed by atoms with E-state index in [2.05, 4.69) is 33.1 Å². The molecular weight excluding hydrogens is 871 g/mol. The Morgan fingerprint density at radius 3 is 1.83 bits per heavy atom. The zero-order chi connectivity index (χ0) is 45.8. The van der Waals surface area contributed by atoms with Crippen LogP contribution >= 0.6 is 23.2 Å². The van der Waals surface area contributed by atoms with Crippen LogP contribution in [0, 0.1) is 0 Å². The number of anilines is 1. The molecule has 0 saturated carbocycles. The number of fused-ring (bicyclic) bond motifs is 1. The fourth-order valence-corrected chi connectivity index (χ4v) is 11.3. The highest BCUT2D eigenvalue weighted by molar-refractivity contribution is 7.68. The average molecular weight is 946 g/mol. The number of carbonyl (C=O) groups excluding carboxylic acids is 1. The van der Waals surface area contributed by atoms with Crippen molar-refractivity contribution in [3.63, 3.8) is 0 Å². The summed E-state index contributed by atoms with van der Waals surface area (Å²) in [7, 11) is -15.4. The lowest BCUT2D eigenvalue weighted by molar-refractivity contribution is -0.134. The van der Waals surface area contributed by atoms with Gasteiger partial charge in [0.1, 0.15) is 23.9 Å². The van der Waals surface area contributed by atoms with Crippen LogP contribution in [0.25, 0.3) is 11.2 Å². The number of unbranched alkanes of at least 4 members (excludes halogenated alkanes) is 20. The molecule has 4 atom stereocenters. The summed E-state index contributed by atoms with van der Waals surface area (Å²) in [6, 6.07) is 6.22. The van der Waals surface area contributed by atoms with Crippen LogP contribution < -0.4 is 10.5 Å². The van der Waals surface area contributed by atoms with E-state index in [1.807, 2.05) is 0 Å². The third-order valence-corrected chi connectivity index (χ3v) is 15.3. The second-order valence-corrected chi connectivity index (χ2v) is 21.4. The van der Waals surface area contributed by atoms with E-state index in [9.17, 15) is 28.3 Å². The second kappa shape index (κ2) is 30.6. The number of benzene rings is 1. The maximum atomic E-state index is 13.8. The van der Waals surface area contributed by atoms with Crippen LogP contribution in [-0.2, 0) is 54.0 Å². The van der Waals surface area contributed by atoms with Gasteiger partial charge in [0.25, 0.3) is 0 Å². The zero-order valence-corrected chi connectivity index (χ0v) is 40.5. The fraction of sp³-hybridized carbons (Fsp3) is 0.721. The Kier molecular flexibility index (Phi) is 26.6. The molecule has 0 aliphatic rings. The van der Waals surface area contributed by atoms with Gasteiger partial charge in [0.15, 0.2) is 11.5 Å². The molecule has 3 rings (SSSR count). The SMILES string of the molecule is CCCCCCCCCCCCCCCCCCOP(=O)(OCc1ccc(OC(=O)CCCCCCCC)cc1)OP(=O)(O)OP(=O)(O)CO[C@H](C)Cn1cnc2c(N)ncnc21. The molecule has 0 saturated heterocycles. The molecule has 20 heteroatoms. The van der Waals surface area contributed by atoms with Crippen molar-refractivity contribution in [3.8, 4) is 5.75 Å². The second-order valence-electron chi connectivity index (χ2n) is 16.2. The van der Waals surface area contributed by atoms with E-state index in [1.54, 1.807) is 35.8 Å². The number of esters is 1. The van der Waals surface area contributed by atoms with E-state index in [4.69, 9.17) is 28.6 Å². The zero-order valence-electron chi connectivity index (χ0n) is 37.8. The molecule has 0 fully saturated rings. The molecule has 0 aliphatic heterocycles. The molecule has 17 nitrogen and oxygen atoms in total. The van der Waals surface area contributed by atoms with Crippen LogP contribution in [0.1, 0.15) is 174 Å². The summed E-state index contributed by atoms with van der Waals surface area (Å²) in [5.74, 6) is 0.153. The Hall–Kier alpha value is -2.55. The van der Waals surface area contributed by atoms with Gasteiger partial charge >= 0.3 is 29.2 Å². The Morgan fingerprint density at radius 1 is 0.714 bits per heavy atom. The summed E-state index contributed by atoms with van der Waals surface area (Å²) < 4.78 is 72.9. The van der Waals surface area contributed by atoms with Gasteiger partial charge in [-0.25, -0.2) is 28.4 Å². The Labute approximate surface area is 374 Å². The number of imidazole rings is 1. The van der Waals surface area contributed by atoms with Crippen molar-refractivity contribution >= 4 is 46.2 Å². The van der Waals surface area contributed by atoms with E-state index in [1.165, 1.54) is 89.7 Å². The number of phosphoric acid groups is 2. The number of nitrogens with zero attached hydrogens (tertiary/aromatic N) is 4. The monoisotopic (exact) mass is 945 g/mol. The summed E-state index contributed by atoms with van der Waals surface area (Å²) in [5.41, 5.74) is 7.08. The minimum atomic E-state index is -5.56. The highest BCUT2D eigenvalue weighted by Crippen LogP contribution is 2.69. The fourth-order valence-electron chi connectivity index (χ4n) is 6.86. The minimum Gasteiger partial charge on any atom is -0.427 e. The van der Waals surface area contributed by atoms with Crippen LogP contribution in [0.5, 0.6) is 5.75 Å². The molecule has 0 amide bonds. The van der Waals surface area contributed by atoms with Crippen molar-refractivity contribution in [3.05, 3.63) is 42.5 Å². The first-order valence-electron chi connectivity index (χ1n) is 23.0. The van der Waals surface area contributed by atoms with E-state index >= 15 is 0 Å². The van der Waals surface area contributed by atoms with Gasteiger partial charge in [0, 0.05) is 6.42 Å². The van der Waals surface area contributed by atoms with Gasteiger partial charge in [-0.1, -0.05) is 154 Å². The van der Waals surface area contributed by atoms with Crippen molar-refractivity contribution in [1.82, 2.24) is 19.5 Å². The lowest BCUT2D eigenvalue weighted by atomic mass is 10.0. The number of nitrogen functional groups attached to an aromatic ring is 1. The highest BCUT2D eigenvalue weighted by atomic mass is 31.3. The topological polar surface area (TPSA) is 234 Å². The largest absolute Gasteiger partial charge is 0.488 e. The van der Waals surface area contributed by atoms with Crippen LogP contribution in [0.15, 0.2) is 36.9 Å². The van der Waals surface area contributed by atoms with Gasteiger partial charge in [0.05, 0.1) is 32.2 Å². The lowest BCUT2D eigenvalue weighted by Crippen LogP contribution is -2.17. The molecule has 0 bridgehead atoms. The Balaban J connectivity index is 1.48. The summed E-state index contributed by atoms with van der Waals surface area (Å²) in [4.78, 5) is 45.6. The number of rotatable bonds is 38. The maximum absolute atomic E-state index is 13.8. The molecule has 63 heavy (non-hydrogen) atoms. The van der Waals surface area contributed by atoms with Crippen molar-refractivity contribution in [2.75, 3.05) is 18.7 Å². The first kappa shape index (κ1) is 54.8. The number of carbonyl (C=O) groups is 1. The summed E-state index contributed by atoms with van der Waals surface area (Å²) in [6.07, 6.45) is 26.2. The quantitative estimate of drug-likeness (QED) is 0.0210. The first-order valence-corrected chi connectivity index (χ1v) is 27.8. The minimum absolute atomic E-state index is 0.124. The van der Waals surface area contributed by atoms with Crippen molar-refractivity contribution in [1.29, 1.82) is 0 Å². The average Bonchev–Trinajstić information content (AvgIpc) is 3.65. The van der Waals surface area contributed by atoms with Crippen LogP contribution in [0.4, 0.5) is 5.82 Å². The number of nitrogens with two attached hydrogens (primary N) is 1.